The molecule has 2 aromatic rings. The Kier molecular flexibility index (Phi) is 1.66. The van der Waals surface area contributed by atoms with Crippen molar-refractivity contribution in [2.75, 3.05) is 11.9 Å². The number of pyridine rings is 1. The number of hydrogen-bond donors (Lipinski definition) is 1. The van der Waals surface area contributed by atoms with Gasteiger partial charge in [0.05, 0.1) is 0 Å². The summed E-state index contributed by atoms with van der Waals surface area (Å²) in [6, 6.07) is 5.88. The average Bonchev–Trinajstić information content (AvgIpc) is 2.50. The zero-order chi connectivity index (χ0) is 8.39. The minimum Gasteiger partial charge on any atom is -0.367 e. The Hall–Kier alpha value is -1.58. The molecule has 0 radical (unpaired) electrons. The van der Waals surface area contributed by atoms with Crippen molar-refractivity contribution in [2.45, 2.75) is 6.92 Å². The van der Waals surface area contributed by atoms with Crippen LogP contribution in [-0.4, -0.2) is 21.4 Å². The van der Waals surface area contributed by atoms with E-state index in [9.17, 15) is 0 Å². The number of rotatable bonds is 2. The molecule has 0 aliphatic carbocycles. The van der Waals surface area contributed by atoms with E-state index in [1.54, 1.807) is 4.52 Å². The molecule has 4 nitrogen and oxygen atoms in total. The Balaban J connectivity index is 2.55. The third-order valence-electron chi connectivity index (χ3n) is 1.67. The number of nitrogens with zero attached hydrogens (tertiary/aromatic N) is 3. The molecule has 0 saturated carbocycles. The molecule has 0 atom stereocenters. The minimum atomic E-state index is 0.845. The maximum Gasteiger partial charge on any atom is 0.176 e. The Morgan fingerprint density at radius 3 is 3.25 bits per heavy atom. The second-order valence-electron chi connectivity index (χ2n) is 2.50. The van der Waals surface area contributed by atoms with Crippen LogP contribution in [0, 0.1) is 0 Å². The van der Waals surface area contributed by atoms with Gasteiger partial charge < -0.3 is 5.32 Å². The largest absolute Gasteiger partial charge is 0.367 e. The molecular weight excluding hydrogens is 152 g/mol. The van der Waals surface area contributed by atoms with Gasteiger partial charge in [-0.2, -0.15) is 0 Å². The minimum absolute atomic E-state index is 0.845. The van der Waals surface area contributed by atoms with Gasteiger partial charge in [-0.25, -0.2) is 4.52 Å². The third kappa shape index (κ3) is 1.01. The molecule has 0 aliphatic heterocycles. The van der Waals surface area contributed by atoms with E-state index in [0.29, 0.717) is 0 Å². The predicted octanol–water partition coefficient (Wildman–Crippen LogP) is 1.16. The number of nitrogens with one attached hydrogen (secondary N) is 1. The number of aromatic nitrogens is 3. The summed E-state index contributed by atoms with van der Waals surface area (Å²) in [6.07, 6.45) is 1.88. The van der Waals surface area contributed by atoms with E-state index in [4.69, 9.17) is 0 Å². The Morgan fingerprint density at radius 1 is 1.50 bits per heavy atom. The zero-order valence-electron chi connectivity index (χ0n) is 6.86. The molecule has 0 saturated heterocycles. The van der Waals surface area contributed by atoms with Gasteiger partial charge in [0.2, 0.25) is 0 Å². The molecule has 0 aliphatic rings. The van der Waals surface area contributed by atoms with E-state index in [1.165, 1.54) is 0 Å². The summed E-state index contributed by atoms with van der Waals surface area (Å²) in [6.45, 7) is 2.90. The Bertz CT molecular complexity index is 379. The van der Waals surface area contributed by atoms with E-state index >= 15 is 0 Å². The summed E-state index contributed by atoms with van der Waals surface area (Å²) in [5, 5.41) is 11.1. The maximum absolute atomic E-state index is 3.99. The van der Waals surface area contributed by atoms with E-state index in [-0.39, 0.29) is 0 Å². The van der Waals surface area contributed by atoms with Gasteiger partial charge in [-0.1, -0.05) is 11.3 Å². The Morgan fingerprint density at radius 2 is 2.42 bits per heavy atom. The van der Waals surface area contributed by atoms with Gasteiger partial charge in [0.15, 0.2) is 5.82 Å². The topological polar surface area (TPSA) is 42.2 Å². The van der Waals surface area contributed by atoms with Gasteiger partial charge in [-0.3, -0.25) is 0 Å². The molecule has 1 N–H and O–H groups in total. The van der Waals surface area contributed by atoms with E-state index in [0.717, 1.165) is 17.9 Å². The highest BCUT2D eigenvalue weighted by atomic mass is 15.4. The molecule has 0 bridgehead atoms. The van der Waals surface area contributed by atoms with Crippen LogP contribution in [-0.2, 0) is 0 Å². The molecule has 2 heterocycles. The van der Waals surface area contributed by atoms with Crippen LogP contribution < -0.4 is 5.32 Å². The highest BCUT2D eigenvalue weighted by molar-refractivity contribution is 5.66. The molecule has 62 valence electrons. The fourth-order valence-corrected chi connectivity index (χ4v) is 1.14. The van der Waals surface area contributed by atoms with Gasteiger partial charge in [0.1, 0.15) is 5.52 Å². The fraction of sp³-hybridized carbons (Fsp3) is 0.250. The van der Waals surface area contributed by atoms with Gasteiger partial charge in [-0.15, -0.1) is 5.10 Å². The zero-order valence-corrected chi connectivity index (χ0v) is 6.86. The molecule has 0 unspecified atom stereocenters. The van der Waals surface area contributed by atoms with Gasteiger partial charge in [0.25, 0.3) is 0 Å². The van der Waals surface area contributed by atoms with Gasteiger partial charge >= 0.3 is 0 Å². The molecule has 0 aromatic carbocycles. The van der Waals surface area contributed by atoms with Crippen molar-refractivity contribution in [3.63, 3.8) is 0 Å². The van der Waals surface area contributed by atoms with Crippen molar-refractivity contribution in [3.05, 3.63) is 24.4 Å². The van der Waals surface area contributed by atoms with Crippen LogP contribution in [0.15, 0.2) is 24.4 Å². The Labute approximate surface area is 70.2 Å². The van der Waals surface area contributed by atoms with Gasteiger partial charge in [0, 0.05) is 12.7 Å². The van der Waals surface area contributed by atoms with Crippen molar-refractivity contribution in [2.24, 2.45) is 0 Å². The highest BCUT2D eigenvalue weighted by Crippen LogP contribution is 2.11. The van der Waals surface area contributed by atoms with Crippen LogP contribution >= 0.6 is 0 Å². The second kappa shape index (κ2) is 2.81. The van der Waals surface area contributed by atoms with E-state index in [1.807, 2.05) is 31.3 Å². The molecular formula is C8H10N4. The van der Waals surface area contributed by atoms with Crippen LogP contribution in [0.2, 0.25) is 0 Å². The van der Waals surface area contributed by atoms with Crippen molar-refractivity contribution < 1.29 is 0 Å². The van der Waals surface area contributed by atoms with Crippen LogP contribution in [0.5, 0.6) is 0 Å². The first-order valence-electron chi connectivity index (χ1n) is 3.95. The molecule has 2 aromatic heterocycles. The van der Waals surface area contributed by atoms with Crippen molar-refractivity contribution in [1.29, 1.82) is 0 Å². The summed E-state index contributed by atoms with van der Waals surface area (Å²) in [4.78, 5) is 0. The molecule has 12 heavy (non-hydrogen) atoms. The lowest BCUT2D eigenvalue weighted by Gasteiger charge is -1.95. The maximum atomic E-state index is 3.99. The van der Waals surface area contributed by atoms with Crippen LogP contribution in [0.4, 0.5) is 5.82 Å². The quantitative estimate of drug-likeness (QED) is 0.720. The number of fused-ring (bicyclic) bond motifs is 1. The molecule has 4 heteroatoms. The lowest BCUT2D eigenvalue weighted by molar-refractivity contribution is 0.855. The first-order valence-corrected chi connectivity index (χ1v) is 3.95. The normalized spacial score (nSPS) is 10.4. The van der Waals surface area contributed by atoms with Crippen LogP contribution in [0.1, 0.15) is 6.92 Å². The van der Waals surface area contributed by atoms with Crippen LogP contribution in [0.25, 0.3) is 5.52 Å². The smallest absolute Gasteiger partial charge is 0.176 e. The SMILES string of the molecule is CCNc1nnn2ccccc12. The highest BCUT2D eigenvalue weighted by Gasteiger charge is 2.01. The second-order valence-corrected chi connectivity index (χ2v) is 2.50. The molecule has 0 fully saturated rings. The van der Waals surface area contributed by atoms with Gasteiger partial charge in [-0.05, 0) is 19.1 Å². The summed E-state index contributed by atoms with van der Waals surface area (Å²) in [5.74, 6) is 0.845. The molecule has 0 spiro atoms. The van der Waals surface area contributed by atoms with Crippen LogP contribution in [0.3, 0.4) is 0 Å². The fourth-order valence-electron chi connectivity index (χ4n) is 1.14. The van der Waals surface area contributed by atoms with Crippen molar-refractivity contribution in [1.82, 2.24) is 14.8 Å². The molecule has 2 rings (SSSR count). The predicted molar refractivity (Wildman–Crippen MR) is 47.2 cm³/mol. The molecule has 0 amide bonds. The standard InChI is InChI=1S/C8H10N4/c1-2-9-8-7-5-3-4-6-12(7)11-10-8/h3-6,9H,2H2,1H3. The average molecular weight is 162 g/mol. The van der Waals surface area contributed by atoms with Crippen molar-refractivity contribution in [3.8, 4) is 0 Å². The van der Waals surface area contributed by atoms with E-state index < -0.39 is 0 Å². The monoisotopic (exact) mass is 162 g/mol. The third-order valence-corrected chi connectivity index (χ3v) is 1.67. The number of hydrogen-bond acceptors (Lipinski definition) is 3. The summed E-state index contributed by atoms with van der Waals surface area (Å²) in [7, 11) is 0. The number of anilines is 1. The lowest BCUT2D eigenvalue weighted by atomic mass is 10.4. The summed E-state index contributed by atoms with van der Waals surface area (Å²) in [5.41, 5.74) is 1.01. The van der Waals surface area contributed by atoms with E-state index in [2.05, 4.69) is 15.6 Å². The first-order chi connectivity index (χ1) is 5.92. The first kappa shape index (κ1) is 7.09. The summed E-state index contributed by atoms with van der Waals surface area (Å²) < 4.78 is 1.75. The lowest BCUT2D eigenvalue weighted by Crippen LogP contribution is -1.96. The summed E-state index contributed by atoms with van der Waals surface area (Å²) >= 11 is 0. The van der Waals surface area contributed by atoms with Crippen molar-refractivity contribution >= 4 is 11.3 Å².